The predicted octanol–water partition coefficient (Wildman–Crippen LogP) is 3.85. The van der Waals surface area contributed by atoms with E-state index in [0.29, 0.717) is 17.9 Å². The summed E-state index contributed by atoms with van der Waals surface area (Å²) in [6.07, 6.45) is 1.73. The molecule has 0 aromatic heterocycles. The number of nitrogens with one attached hydrogen (secondary N) is 1. The van der Waals surface area contributed by atoms with E-state index < -0.39 is 0 Å². The molecule has 0 saturated heterocycles. The number of aryl methyl sites for hydroxylation is 1. The number of carbonyl (C=O) groups excluding carboxylic acids is 1. The maximum atomic E-state index is 12.4. The van der Waals surface area contributed by atoms with Gasteiger partial charge in [0.1, 0.15) is 11.5 Å². The van der Waals surface area contributed by atoms with Gasteiger partial charge in [0.05, 0.1) is 18.8 Å². The molecule has 1 amide bonds. The molecule has 0 atom stereocenters. The first kappa shape index (κ1) is 17.9. The molecule has 0 aliphatic carbocycles. The normalized spacial score (nSPS) is 10.5. The third-order valence-corrected chi connectivity index (χ3v) is 3.60. The summed E-state index contributed by atoms with van der Waals surface area (Å²) in [6, 6.07) is 15.3. The predicted molar refractivity (Wildman–Crippen MR) is 95.9 cm³/mol. The van der Waals surface area contributed by atoms with Crippen molar-refractivity contribution in [1.82, 2.24) is 5.32 Å². The van der Waals surface area contributed by atoms with Gasteiger partial charge in [-0.1, -0.05) is 30.3 Å². The smallest absolute Gasteiger partial charge is 0.255 e. The molecule has 0 heterocycles. The van der Waals surface area contributed by atoms with E-state index in [1.54, 1.807) is 13.2 Å². The Hall–Kier alpha value is -2.49. The van der Waals surface area contributed by atoms with Crippen LogP contribution in [0.25, 0.3) is 0 Å². The second-order valence-electron chi connectivity index (χ2n) is 5.83. The molecule has 2 rings (SSSR count). The molecular weight excluding hydrogens is 302 g/mol. The van der Waals surface area contributed by atoms with E-state index in [0.717, 1.165) is 24.2 Å². The van der Waals surface area contributed by atoms with Crippen LogP contribution in [-0.4, -0.2) is 25.7 Å². The minimum absolute atomic E-state index is 0.0319. The fourth-order valence-electron chi connectivity index (χ4n) is 2.50. The van der Waals surface area contributed by atoms with E-state index in [2.05, 4.69) is 5.32 Å². The summed E-state index contributed by atoms with van der Waals surface area (Å²) in [4.78, 5) is 12.4. The average molecular weight is 327 g/mol. The molecule has 24 heavy (non-hydrogen) atoms. The highest BCUT2D eigenvalue weighted by Crippen LogP contribution is 2.20. The fraction of sp³-hybridized carbons (Fsp3) is 0.350. The van der Waals surface area contributed by atoms with Crippen LogP contribution in [0, 0.1) is 0 Å². The Morgan fingerprint density at radius 3 is 2.42 bits per heavy atom. The van der Waals surface area contributed by atoms with Crippen LogP contribution in [0.15, 0.2) is 48.5 Å². The minimum Gasteiger partial charge on any atom is -0.496 e. The van der Waals surface area contributed by atoms with Gasteiger partial charge in [-0.05, 0) is 50.5 Å². The summed E-state index contributed by atoms with van der Waals surface area (Å²) in [7, 11) is 1.67. The number of rotatable bonds is 8. The van der Waals surface area contributed by atoms with Gasteiger partial charge in [-0.3, -0.25) is 4.79 Å². The number of carbonyl (C=O) groups is 1. The Morgan fingerprint density at radius 1 is 1.04 bits per heavy atom. The van der Waals surface area contributed by atoms with Gasteiger partial charge in [0.25, 0.3) is 5.91 Å². The van der Waals surface area contributed by atoms with Crippen LogP contribution < -0.4 is 14.8 Å². The van der Waals surface area contributed by atoms with Gasteiger partial charge < -0.3 is 14.8 Å². The molecule has 4 heteroatoms. The van der Waals surface area contributed by atoms with Gasteiger partial charge in [0, 0.05) is 6.54 Å². The van der Waals surface area contributed by atoms with Crippen LogP contribution in [0.2, 0.25) is 0 Å². The molecule has 2 aromatic rings. The van der Waals surface area contributed by atoms with Crippen molar-refractivity contribution < 1.29 is 14.3 Å². The van der Waals surface area contributed by atoms with Crippen molar-refractivity contribution in [2.24, 2.45) is 0 Å². The molecule has 0 spiro atoms. The standard InChI is InChI=1S/C20H25NO3/c1-15(2)24-19-13-7-5-11-17(19)20(22)21-14-8-10-16-9-4-6-12-18(16)23-3/h4-7,9,11-13,15H,8,10,14H2,1-3H3,(H,21,22). The number of hydrogen-bond donors (Lipinski definition) is 1. The molecule has 0 aliphatic heterocycles. The molecular formula is C20H25NO3. The van der Waals surface area contributed by atoms with Crippen LogP contribution >= 0.6 is 0 Å². The van der Waals surface area contributed by atoms with E-state index >= 15 is 0 Å². The van der Waals surface area contributed by atoms with Crippen LogP contribution in [0.5, 0.6) is 11.5 Å². The van der Waals surface area contributed by atoms with Gasteiger partial charge in [0.15, 0.2) is 0 Å². The fourth-order valence-corrected chi connectivity index (χ4v) is 2.50. The number of hydrogen-bond acceptors (Lipinski definition) is 3. The molecule has 0 fully saturated rings. The molecule has 0 aliphatic rings. The first-order valence-electron chi connectivity index (χ1n) is 8.27. The number of ether oxygens (including phenoxy) is 2. The minimum atomic E-state index is -0.105. The lowest BCUT2D eigenvalue weighted by Crippen LogP contribution is -2.25. The van der Waals surface area contributed by atoms with Gasteiger partial charge in [-0.15, -0.1) is 0 Å². The zero-order chi connectivity index (χ0) is 17.4. The number of amides is 1. The van der Waals surface area contributed by atoms with Crippen molar-refractivity contribution in [2.75, 3.05) is 13.7 Å². The third-order valence-electron chi connectivity index (χ3n) is 3.60. The van der Waals surface area contributed by atoms with E-state index in [9.17, 15) is 4.79 Å². The zero-order valence-corrected chi connectivity index (χ0v) is 14.5. The van der Waals surface area contributed by atoms with E-state index in [-0.39, 0.29) is 12.0 Å². The van der Waals surface area contributed by atoms with E-state index in [1.165, 1.54) is 0 Å². The molecule has 128 valence electrons. The number of para-hydroxylation sites is 2. The molecule has 0 bridgehead atoms. The Kier molecular flexibility index (Phi) is 6.67. The van der Waals surface area contributed by atoms with Crippen molar-refractivity contribution in [3.05, 3.63) is 59.7 Å². The lowest BCUT2D eigenvalue weighted by atomic mass is 10.1. The molecule has 1 N–H and O–H groups in total. The monoisotopic (exact) mass is 327 g/mol. The molecule has 0 saturated carbocycles. The van der Waals surface area contributed by atoms with Gasteiger partial charge in [0.2, 0.25) is 0 Å². The highest BCUT2D eigenvalue weighted by Gasteiger charge is 2.12. The topological polar surface area (TPSA) is 47.6 Å². The third kappa shape index (κ3) is 5.01. The second-order valence-corrected chi connectivity index (χ2v) is 5.83. The zero-order valence-electron chi connectivity index (χ0n) is 14.5. The largest absolute Gasteiger partial charge is 0.496 e. The average Bonchev–Trinajstić information content (AvgIpc) is 2.58. The van der Waals surface area contributed by atoms with Crippen molar-refractivity contribution in [3.63, 3.8) is 0 Å². The SMILES string of the molecule is COc1ccccc1CCCNC(=O)c1ccccc1OC(C)C. The maximum Gasteiger partial charge on any atom is 0.255 e. The van der Waals surface area contributed by atoms with Gasteiger partial charge in [-0.2, -0.15) is 0 Å². The highest BCUT2D eigenvalue weighted by atomic mass is 16.5. The molecule has 2 aromatic carbocycles. The van der Waals surface area contributed by atoms with Crippen molar-refractivity contribution in [1.29, 1.82) is 0 Å². The molecule has 4 nitrogen and oxygen atoms in total. The summed E-state index contributed by atoms with van der Waals surface area (Å²) in [5.74, 6) is 1.40. The van der Waals surface area contributed by atoms with Gasteiger partial charge >= 0.3 is 0 Å². The Labute approximate surface area is 143 Å². The van der Waals surface area contributed by atoms with Crippen LogP contribution in [0.1, 0.15) is 36.2 Å². The Balaban J connectivity index is 1.88. The van der Waals surface area contributed by atoms with Crippen molar-refractivity contribution in [2.45, 2.75) is 32.8 Å². The Morgan fingerprint density at radius 2 is 1.71 bits per heavy atom. The number of benzene rings is 2. The lowest BCUT2D eigenvalue weighted by molar-refractivity contribution is 0.0947. The van der Waals surface area contributed by atoms with E-state index in [1.807, 2.05) is 56.3 Å². The lowest BCUT2D eigenvalue weighted by Gasteiger charge is -2.14. The van der Waals surface area contributed by atoms with E-state index in [4.69, 9.17) is 9.47 Å². The second kappa shape index (κ2) is 8.96. The van der Waals surface area contributed by atoms with Crippen LogP contribution in [0.4, 0.5) is 0 Å². The van der Waals surface area contributed by atoms with Crippen LogP contribution in [-0.2, 0) is 6.42 Å². The number of methoxy groups -OCH3 is 1. The maximum absolute atomic E-state index is 12.4. The first-order valence-corrected chi connectivity index (χ1v) is 8.27. The summed E-state index contributed by atoms with van der Waals surface area (Å²) >= 11 is 0. The van der Waals surface area contributed by atoms with Crippen LogP contribution in [0.3, 0.4) is 0 Å². The summed E-state index contributed by atoms with van der Waals surface area (Å²) in [6.45, 7) is 4.50. The summed E-state index contributed by atoms with van der Waals surface area (Å²) in [5, 5.41) is 2.96. The summed E-state index contributed by atoms with van der Waals surface area (Å²) < 4.78 is 11.0. The van der Waals surface area contributed by atoms with Crippen molar-refractivity contribution >= 4 is 5.91 Å². The first-order chi connectivity index (χ1) is 11.6. The quantitative estimate of drug-likeness (QED) is 0.749. The summed E-state index contributed by atoms with van der Waals surface area (Å²) in [5.41, 5.74) is 1.72. The highest BCUT2D eigenvalue weighted by molar-refractivity contribution is 5.96. The Bertz CT molecular complexity index is 667. The van der Waals surface area contributed by atoms with Gasteiger partial charge in [-0.25, -0.2) is 0 Å². The van der Waals surface area contributed by atoms with Crippen molar-refractivity contribution in [3.8, 4) is 11.5 Å². The molecule has 0 unspecified atom stereocenters. The molecule has 0 radical (unpaired) electrons.